The zero-order chi connectivity index (χ0) is 10.4. The molecule has 0 spiro atoms. The molecular formula is C13H25Br. The van der Waals surface area contributed by atoms with Crippen LogP contribution in [-0.4, -0.2) is 5.33 Å². The van der Waals surface area contributed by atoms with Gasteiger partial charge in [0.1, 0.15) is 0 Å². The van der Waals surface area contributed by atoms with Gasteiger partial charge in [-0.15, -0.1) is 0 Å². The third kappa shape index (κ3) is 3.25. The molecule has 1 heteroatoms. The SMILES string of the molecule is CCC(CBr)CC1(CC)CCCCC1. The Morgan fingerprint density at radius 1 is 1.14 bits per heavy atom. The number of hydrogen-bond donors (Lipinski definition) is 0. The third-order valence-corrected chi connectivity index (χ3v) is 5.10. The zero-order valence-electron chi connectivity index (χ0n) is 9.82. The topological polar surface area (TPSA) is 0 Å². The fraction of sp³-hybridized carbons (Fsp3) is 1.00. The van der Waals surface area contributed by atoms with E-state index in [4.69, 9.17) is 0 Å². The largest absolute Gasteiger partial charge is 0.0925 e. The molecule has 1 fully saturated rings. The molecule has 14 heavy (non-hydrogen) atoms. The first-order valence-electron chi connectivity index (χ1n) is 6.32. The lowest BCUT2D eigenvalue weighted by molar-refractivity contribution is 0.139. The molecule has 0 bridgehead atoms. The molecular weight excluding hydrogens is 236 g/mol. The van der Waals surface area contributed by atoms with Gasteiger partial charge in [0.2, 0.25) is 0 Å². The number of hydrogen-bond acceptors (Lipinski definition) is 0. The summed E-state index contributed by atoms with van der Waals surface area (Å²) in [5, 5.41) is 1.20. The van der Waals surface area contributed by atoms with E-state index in [2.05, 4.69) is 29.8 Å². The van der Waals surface area contributed by atoms with Crippen molar-refractivity contribution in [1.82, 2.24) is 0 Å². The summed E-state index contributed by atoms with van der Waals surface area (Å²) in [6.07, 6.45) is 11.6. The summed E-state index contributed by atoms with van der Waals surface area (Å²) in [7, 11) is 0. The molecule has 0 aromatic heterocycles. The number of halogens is 1. The van der Waals surface area contributed by atoms with E-state index in [1.807, 2.05) is 0 Å². The summed E-state index contributed by atoms with van der Waals surface area (Å²) >= 11 is 3.66. The molecule has 0 aliphatic heterocycles. The Labute approximate surface area is 98.0 Å². The highest BCUT2D eigenvalue weighted by Crippen LogP contribution is 2.44. The molecule has 0 saturated heterocycles. The second-order valence-electron chi connectivity index (χ2n) is 5.05. The van der Waals surface area contributed by atoms with Gasteiger partial charge in [0.25, 0.3) is 0 Å². The molecule has 1 aliphatic carbocycles. The van der Waals surface area contributed by atoms with Gasteiger partial charge in [-0.25, -0.2) is 0 Å². The van der Waals surface area contributed by atoms with E-state index in [0.717, 1.165) is 5.92 Å². The highest BCUT2D eigenvalue weighted by atomic mass is 79.9. The maximum absolute atomic E-state index is 3.66. The standard InChI is InChI=1S/C13H25Br/c1-3-12(11-14)10-13(4-2)8-6-5-7-9-13/h12H,3-11H2,1-2H3. The molecule has 1 rings (SSSR count). The molecule has 0 aromatic rings. The first-order chi connectivity index (χ1) is 6.76. The average Bonchev–Trinajstić information content (AvgIpc) is 2.27. The van der Waals surface area contributed by atoms with Gasteiger partial charge in [-0.2, -0.15) is 0 Å². The minimum absolute atomic E-state index is 0.715. The van der Waals surface area contributed by atoms with Gasteiger partial charge in [0.15, 0.2) is 0 Å². The number of alkyl halides is 1. The smallest absolute Gasteiger partial charge is 0.00597 e. The summed E-state index contributed by atoms with van der Waals surface area (Å²) < 4.78 is 0. The summed E-state index contributed by atoms with van der Waals surface area (Å²) in [4.78, 5) is 0. The fourth-order valence-electron chi connectivity index (χ4n) is 2.92. The Balaban J connectivity index is 2.50. The van der Waals surface area contributed by atoms with Gasteiger partial charge in [0.05, 0.1) is 0 Å². The quantitative estimate of drug-likeness (QED) is 0.600. The Kier molecular flexibility index (Phi) is 5.51. The fourth-order valence-corrected chi connectivity index (χ4v) is 3.61. The van der Waals surface area contributed by atoms with Crippen LogP contribution in [0.2, 0.25) is 0 Å². The molecule has 0 aromatic carbocycles. The van der Waals surface area contributed by atoms with Gasteiger partial charge in [-0.1, -0.05) is 61.9 Å². The second kappa shape index (κ2) is 6.15. The van der Waals surface area contributed by atoms with Crippen LogP contribution in [0.15, 0.2) is 0 Å². The molecule has 1 aliphatic rings. The van der Waals surface area contributed by atoms with Gasteiger partial charge in [0, 0.05) is 5.33 Å². The van der Waals surface area contributed by atoms with Gasteiger partial charge < -0.3 is 0 Å². The third-order valence-electron chi connectivity index (χ3n) is 4.18. The lowest BCUT2D eigenvalue weighted by Gasteiger charge is -2.39. The average molecular weight is 261 g/mol. The van der Waals surface area contributed by atoms with E-state index in [9.17, 15) is 0 Å². The van der Waals surface area contributed by atoms with Crippen LogP contribution in [0.1, 0.15) is 65.2 Å². The Bertz CT molecular complexity index is 143. The molecule has 0 amide bonds. The van der Waals surface area contributed by atoms with Crippen molar-refractivity contribution < 1.29 is 0 Å². The second-order valence-corrected chi connectivity index (χ2v) is 5.69. The van der Waals surface area contributed by atoms with Crippen molar-refractivity contribution >= 4 is 15.9 Å². The highest BCUT2D eigenvalue weighted by Gasteiger charge is 2.31. The van der Waals surface area contributed by atoms with Gasteiger partial charge >= 0.3 is 0 Å². The summed E-state index contributed by atoms with van der Waals surface area (Å²) in [6, 6.07) is 0. The molecule has 1 saturated carbocycles. The number of rotatable bonds is 5. The van der Waals surface area contributed by atoms with Gasteiger partial charge in [-0.05, 0) is 30.6 Å². The van der Waals surface area contributed by atoms with Crippen molar-refractivity contribution in [1.29, 1.82) is 0 Å². The molecule has 1 unspecified atom stereocenters. The van der Waals surface area contributed by atoms with Crippen molar-refractivity contribution in [3.63, 3.8) is 0 Å². The van der Waals surface area contributed by atoms with E-state index in [1.165, 1.54) is 56.7 Å². The summed E-state index contributed by atoms with van der Waals surface area (Å²) in [6.45, 7) is 4.73. The van der Waals surface area contributed by atoms with Crippen LogP contribution in [0.3, 0.4) is 0 Å². The first kappa shape index (κ1) is 12.5. The van der Waals surface area contributed by atoms with Crippen molar-refractivity contribution in [2.75, 3.05) is 5.33 Å². The maximum atomic E-state index is 3.66. The molecule has 0 nitrogen and oxygen atoms in total. The lowest BCUT2D eigenvalue weighted by atomic mass is 9.67. The summed E-state index contributed by atoms with van der Waals surface area (Å²) in [5.74, 6) is 0.910. The van der Waals surface area contributed by atoms with E-state index < -0.39 is 0 Å². The van der Waals surface area contributed by atoms with Crippen molar-refractivity contribution in [2.45, 2.75) is 65.2 Å². The molecule has 0 N–H and O–H groups in total. The minimum Gasteiger partial charge on any atom is -0.0925 e. The van der Waals surface area contributed by atoms with Crippen LogP contribution in [-0.2, 0) is 0 Å². The molecule has 1 atom stereocenters. The maximum Gasteiger partial charge on any atom is 0.00597 e. The monoisotopic (exact) mass is 260 g/mol. The lowest BCUT2D eigenvalue weighted by Crippen LogP contribution is -2.26. The van der Waals surface area contributed by atoms with E-state index in [1.54, 1.807) is 0 Å². The minimum atomic E-state index is 0.715. The van der Waals surface area contributed by atoms with Crippen molar-refractivity contribution in [2.24, 2.45) is 11.3 Å². The Hall–Kier alpha value is 0.480. The van der Waals surface area contributed by atoms with E-state index in [0.29, 0.717) is 5.41 Å². The van der Waals surface area contributed by atoms with Crippen molar-refractivity contribution in [3.8, 4) is 0 Å². The molecule has 0 heterocycles. The van der Waals surface area contributed by atoms with Crippen LogP contribution in [0.25, 0.3) is 0 Å². The highest BCUT2D eigenvalue weighted by molar-refractivity contribution is 9.09. The Morgan fingerprint density at radius 3 is 2.21 bits per heavy atom. The normalized spacial score (nSPS) is 23.4. The van der Waals surface area contributed by atoms with Crippen molar-refractivity contribution in [3.05, 3.63) is 0 Å². The summed E-state index contributed by atoms with van der Waals surface area (Å²) in [5.41, 5.74) is 0.715. The zero-order valence-corrected chi connectivity index (χ0v) is 11.4. The predicted octanol–water partition coefficient (Wildman–Crippen LogP) is 5.16. The molecule has 0 radical (unpaired) electrons. The van der Waals surface area contributed by atoms with Crippen LogP contribution >= 0.6 is 15.9 Å². The van der Waals surface area contributed by atoms with E-state index in [-0.39, 0.29) is 0 Å². The van der Waals surface area contributed by atoms with Crippen LogP contribution < -0.4 is 0 Å². The van der Waals surface area contributed by atoms with E-state index >= 15 is 0 Å². The Morgan fingerprint density at radius 2 is 1.79 bits per heavy atom. The van der Waals surface area contributed by atoms with Gasteiger partial charge in [-0.3, -0.25) is 0 Å². The molecule has 84 valence electrons. The van der Waals surface area contributed by atoms with Crippen LogP contribution in [0.4, 0.5) is 0 Å². The van der Waals surface area contributed by atoms with Crippen LogP contribution in [0.5, 0.6) is 0 Å². The first-order valence-corrected chi connectivity index (χ1v) is 7.44. The van der Waals surface area contributed by atoms with Crippen LogP contribution in [0, 0.1) is 11.3 Å². The predicted molar refractivity (Wildman–Crippen MR) is 68.0 cm³/mol.